The SMILES string of the molecule is O=C(O)N(Cl)C(Cl)Cl. The Morgan fingerprint density at radius 1 is 1.62 bits per heavy atom. The molecule has 48 valence electrons. The summed E-state index contributed by atoms with van der Waals surface area (Å²) in [7, 11) is 0. The van der Waals surface area contributed by atoms with E-state index in [1.165, 1.54) is 0 Å². The highest BCUT2D eigenvalue weighted by Crippen LogP contribution is 2.11. The second-order valence-electron chi connectivity index (χ2n) is 0.871. The van der Waals surface area contributed by atoms with E-state index in [-0.39, 0.29) is 4.42 Å². The molecule has 0 rings (SSSR count). The van der Waals surface area contributed by atoms with Crippen molar-refractivity contribution in [2.24, 2.45) is 0 Å². The minimum atomic E-state index is -1.37. The lowest BCUT2D eigenvalue weighted by molar-refractivity contribution is 0.175. The van der Waals surface area contributed by atoms with Gasteiger partial charge in [0, 0.05) is 11.8 Å². The molecule has 8 heavy (non-hydrogen) atoms. The number of amides is 1. The van der Waals surface area contributed by atoms with Gasteiger partial charge in [-0.2, -0.15) is 4.42 Å². The van der Waals surface area contributed by atoms with Crippen molar-refractivity contribution in [2.75, 3.05) is 0 Å². The smallest absolute Gasteiger partial charge is 0.424 e. The van der Waals surface area contributed by atoms with Crippen molar-refractivity contribution in [1.29, 1.82) is 0 Å². The quantitative estimate of drug-likeness (QED) is 0.378. The summed E-state index contributed by atoms with van der Waals surface area (Å²) in [6, 6.07) is 0. The highest BCUT2D eigenvalue weighted by molar-refractivity contribution is 6.47. The van der Waals surface area contributed by atoms with Gasteiger partial charge in [-0.15, -0.1) is 0 Å². The van der Waals surface area contributed by atoms with Crippen LogP contribution in [0.4, 0.5) is 4.79 Å². The van der Waals surface area contributed by atoms with Crippen LogP contribution in [0.15, 0.2) is 0 Å². The fourth-order valence-corrected chi connectivity index (χ4v) is 0.250. The zero-order chi connectivity index (χ0) is 6.73. The second-order valence-corrected chi connectivity index (χ2v) is 2.29. The van der Waals surface area contributed by atoms with Crippen LogP contribution in [0.25, 0.3) is 0 Å². The minimum Gasteiger partial charge on any atom is -0.464 e. The number of hydrogen-bond donors (Lipinski definition) is 1. The van der Waals surface area contributed by atoms with Crippen LogP contribution in [0.1, 0.15) is 0 Å². The van der Waals surface area contributed by atoms with Crippen molar-refractivity contribution in [3.8, 4) is 0 Å². The van der Waals surface area contributed by atoms with Gasteiger partial charge in [0.05, 0.1) is 0 Å². The number of rotatable bonds is 1. The van der Waals surface area contributed by atoms with Gasteiger partial charge in [-0.3, -0.25) is 0 Å². The highest BCUT2D eigenvalue weighted by Gasteiger charge is 2.14. The van der Waals surface area contributed by atoms with Gasteiger partial charge < -0.3 is 5.11 Å². The Hall–Kier alpha value is 0.140. The third kappa shape index (κ3) is 2.45. The fourth-order valence-electron chi connectivity index (χ4n) is 0.0835. The maximum Gasteiger partial charge on any atom is 0.424 e. The van der Waals surface area contributed by atoms with Crippen LogP contribution in [0.5, 0.6) is 0 Å². The Bertz CT molecular complexity index is 95.3. The van der Waals surface area contributed by atoms with E-state index in [0.29, 0.717) is 0 Å². The highest BCUT2D eigenvalue weighted by atomic mass is 35.5. The summed E-state index contributed by atoms with van der Waals surface area (Å²) in [4.78, 5) is 8.55. The zero-order valence-corrected chi connectivity index (χ0v) is 5.78. The number of hydrogen-bond acceptors (Lipinski definition) is 1. The van der Waals surface area contributed by atoms with Crippen LogP contribution in [0.3, 0.4) is 0 Å². The first kappa shape index (κ1) is 8.14. The first-order chi connectivity index (χ1) is 3.55. The third-order valence-electron chi connectivity index (χ3n) is 0.354. The van der Waals surface area contributed by atoms with Crippen molar-refractivity contribution in [3.63, 3.8) is 0 Å². The Labute approximate surface area is 60.8 Å². The number of alkyl halides is 2. The van der Waals surface area contributed by atoms with E-state index in [1.54, 1.807) is 0 Å². The number of nitrogens with zero attached hydrogens (tertiary/aromatic N) is 1. The normalized spacial score (nSPS) is 9.50. The average molecular weight is 178 g/mol. The summed E-state index contributed by atoms with van der Waals surface area (Å²) < 4.78 is 0.253. The van der Waals surface area contributed by atoms with Gasteiger partial charge in [-0.1, -0.05) is 23.2 Å². The molecule has 0 aromatic rings. The molecule has 3 nitrogen and oxygen atoms in total. The molecular weight excluding hydrogens is 176 g/mol. The van der Waals surface area contributed by atoms with Crippen LogP contribution < -0.4 is 0 Å². The van der Waals surface area contributed by atoms with Crippen LogP contribution in [-0.4, -0.2) is 20.6 Å². The zero-order valence-electron chi connectivity index (χ0n) is 3.51. The van der Waals surface area contributed by atoms with E-state index in [1.807, 2.05) is 0 Å². The Morgan fingerprint density at radius 2 is 2.00 bits per heavy atom. The molecule has 0 unspecified atom stereocenters. The standard InChI is InChI=1S/C2H2Cl3NO2/c3-1(4)6(5)2(7)8/h1H,(H,7,8). The van der Waals surface area contributed by atoms with Crippen LogP contribution in [0.2, 0.25) is 0 Å². The molecule has 0 spiro atoms. The van der Waals surface area contributed by atoms with E-state index in [2.05, 4.69) is 0 Å². The molecule has 0 saturated carbocycles. The maximum atomic E-state index is 9.77. The topological polar surface area (TPSA) is 40.5 Å². The molecule has 1 amide bonds. The maximum absolute atomic E-state index is 9.77. The van der Waals surface area contributed by atoms with Gasteiger partial charge in [0.25, 0.3) is 0 Å². The lowest BCUT2D eigenvalue weighted by Gasteiger charge is -2.07. The molecule has 0 fully saturated rings. The second kappa shape index (κ2) is 3.22. The number of carbonyl (C=O) groups is 1. The monoisotopic (exact) mass is 177 g/mol. The van der Waals surface area contributed by atoms with Crippen LogP contribution >= 0.6 is 35.0 Å². The molecule has 0 saturated heterocycles. The molecule has 0 aliphatic rings. The van der Waals surface area contributed by atoms with Crippen molar-refractivity contribution in [2.45, 2.75) is 4.96 Å². The Morgan fingerprint density at radius 3 is 2.00 bits per heavy atom. The van der Waals surface area contributed by atoms with Gasteiger partial charge in [-0.25, -0.2) is 4.79 Å². The molecule has 0 aromatic carbocycles. The van der Waals surface area contributed by atoms with E-state index in [4.69, 9.17) is 40.1 Å². The third-order valence-corrected chi connectivity index (χ3v) is 1.28. The van der Waals surface area contributed by atoms with Crippen molar-refractivity contribution in [1.82, 2.24) is 4.42 Å². The van der Waals surface area contributed by atoms with Crippen molar-refractivity contribution >= 4 is 41.1 Å². The molecule has 0 bridgehead atoms. The molecule has 0 aromatic heterocycles. The average Bonchev–Trinajstić information content (AvgIpc) is 1.64. The van der Waals surface area contributed by atoms with Gasteiger partial charge in [0.15, 0.2) is 4.96 Å². The van der Waals surface area contributed by atoms with E-state index < -0.39 is 11.1 Å². The van der Waals surface area contributed by atoms with E-state index in [9.17, 15) is 4.79 Å². The fraction of sp³-hybridized carbons (Fsp3) is 0.500. The molecule has 0 radical (unpaired) electrons. The first-order valence-electron chi connectivity index (χ1n) is 1.52. The van der Waals surface area contributed by atoms with Crippen LogP contribution in [0, 0.1) is 0 Å². The molecule has 0 heterocycles. The van der Waals surface area contributed by atoms with Gasteiger partial charge >= 0.3 is 6.09 Å². The molecule has 0 aliphatic carbocycles. The van der Waals surface area contributed by atoms with Gasteiger partial charge in [0.1, 0.15) is 0 Å². The summed E-state index contributed by atoms with van der Waals surface area (Å²) in [5.74, 6) is 0. The lowest BCUT2D eigenvalue weighted by Crippen LogP contribution is -2.22. The summed E-state index contributed by atoms with van der Waals surface area (Å²) in [6.45, 7) is 0. The molecule has 1 N–H and O–H groups in total. The number of carboxylic acid groups (broad SMARTS) is 1. The summed E-state index contributed by atoms with van der Waals surface area (Å²) in [5, 5.41) is 7.98. The largest absolute Gasteiger partial charge is 0.464 e. The summed E-state index contributed by atoms with van der Waals surface area (Å²) in [6.07, 6.45) is -1.37. The Balaban J connectivity index is 3.64. The first-order valence-corrected chi connectivity index (χ1v) is 2.73. The summed E-state index contributed by atoms with van der Waals surface area (Å²) in [5.41, 5.74) is 0. The molecule has 6 heteroatoms. The molecule has 0 aliphatic heterocycles. The van der Waals surface area contributed by atoms with Crippen molar-refractivity contribution in [3.05, 3.63) is 0 Å². The van der Waals surface area contributed by atoms with E-state index >= 15 is 0 Å². The lowest BCUT2D eigenvalue weighted by atomic mass is 11.1. The predicted octanol–water partition coefficient (Wildman–Crippen LogP) is 1.88. The van der Waals surface area contributed by atoms with Crippen LogP contribution in [-0.2, 0) is 0 Å². The Kier molecular flexibility index (Phi) is 3.28. The molecule has 0 atom stereocenters. The van der Waals surface area contributed by atoms with E-state index in [0.717, 1.165) is 0 Å². The predicted molar refractivity (Wildman–Crippen MR) is 31.2 cm³/mol. The minimum absolute atomic E-state index is 0.253. The number of halogens is 3. The van der Waals surface area contributed by atoms with Gasteiger partial charge in [0.2, 0.25) is 0 Å². The van der Waals surface area contributed by atoms with Gasteiger partial charge in [-0.05, 0) is 0 Å². The molecular formula is C2H2Cl3NO2. The summed E-state index contributed by atoms with van der Waals surface area (Å²) >= 11 is 14.9. The van der Waals surface area contributed by atoms with Crippen molar-refractivity contribution < 1.29 is 9.90 Å².